The second kappa shape index (κ2) is 7.65. The molecule has 2 aromatic carbocycles. The molecule has 0 radical (unpaired) electrons. The SMILES string of the molecule is CC(=O)OOc1ccc(S(=O)(=O)c2ccc(CCN)c(Cl)c2)cc1. The molecule has 0 fully saturated rings. The molecule has 0 unspecified atom stereocenters. The van der Waals surface area contributed by atoms with E-state index in [9.17, 15) is 13.2 Å². The average Bonchev–Trinajstić information content (AvgIpc) is 2.55. The van der Waals surface area contributed by atoms with E-state index in [1.165, 1.54) is 43.3 Å². The number of carbonyl (C=O) groups excluding carboxylic acids is 1. The van der Waals surface area contributed by atoms with Crippen LogP contribution in [0.3, 0.4) is 0 Å². The van der Waals surface area contributed by atoms with Gasteiger partial charge in [-0.05, 0) is 54.9 Å². The molecule has 6 nitrogen and oxygen atoms in total. The number of halogens is 1. The van der Waals surface area contributed by atoms with Crippen molar-refractivity contribution >= 4 is 27.4 Å². The van der Waals surface area contributed by atoms with Crippen LogP contribution in [0.4, 0.5) is 0 Å². The van der Waals surface area contributed by atoms with Crippen molar-refractivity contribution in [3.63, 3.8) is 0 Å². The van der Waals surface area contributed by atoms with E-state index in [4.69, 9.17) is 22.2 Å². The second-order valence-electron chi connectivity index (χ2n) is 4.92. The van der Waals surface area contributed by atoms with Gasteiger partial charge in [0.2, 0.25) is 9.84 Å². The first-order valence-electron chi connectivity index (χ1n) is 7.03. The Balaban J connectivity index is 2.26. The topological polar surface area (TPSA) is 95.7 Å². The lowest BCUT2D eigenvalue weighted by atomic mass is 10.1. The van der Waals surface area contributed by atoms with E-state index in [-0.39, 0.29) is 15.5 Å². The summed E-state index contributed by atoms with van der Waals surface area (Å²) in [4.78, 5) is 19.9. The molecule has 0 amide bonds. The summed E-state index contributed by atoms with van der Waals surface area (Å²) < 4.78 is 25.2. The Morgan fingerprint density at radius 3 is 2.29 bits per heavy atom. The predicted molar refractivity (Wildman–Crippen MR) is 88.5 cm³/mol. The van der Waals surface area contributed by atoms with Crippen molar-refractivity contribution in [2.45, 2.75) is 23.1 Å². The minimum absolute atomic E-state index is 0.0697. The molecule has 0 aliphatic rings. The maximum absolute atomic E-state index is 12.6. The highest BCUT2D eigenvalue weighted by molar-refractivity contribution is 7.91. The maximum Gasteiger partial charge on any atom is 0.352 e. The van der Waals surface area contributed by atoms with Crippen LogP contribution in [-0.4, -0.2) is 20.9 Å². The highest BCUT2D eigenvalue weighted by atomic mass is 35.5. The van der Waals surface area contributed by atoms with Gasteiger partial charge in [0.1, 0.15) is 0 Å². The highest BCUT2D eigenvalue weighted by Gasteiger charge is 2.19. The van der Waals surface area contributed by atoms with Crippen LogP contribution in [0.1, 0.15) is 12.5 Å². The molecule has 0 saturated carbocycles. The van der Waals surface area contributed by atoms with Crippen molar-refractivity contribution in [1.29, 1.82) is 0 Å². The Morgan fingerprint density at radius 1 is 1.12 bits per heavy atom. The molecule has 0 saturated heterocycles. The summed E-state index contributed by atoms with van der Waals surface area (Å²) in [5.74, 6) is -0.403. The van der Waals surface area contributed by atoms with Gasteiger partial charge in [-0.2, -0.15) is 0 Å². The average molecular weight is 370 g/mol. The fourth-order valence-electron chi connectivity index (χ4n) is 1.97. The molecule has 0 atom stereocenters. The Morgan fingerprint density at radius 2 is 1.75 bits per heavy atom. The number of nitrogens with two attached hydrogens (primary N) is 1. The first-order chi connectivity index (χ1) is 11.3. The first-order valence-corrected chi connectivity index (χ1v) is 8.89. The van der Waals surface area contributed by atoms with Gasteiger partial charge in [0.05, 0.1) is 9.79 Å². The first kappa shape index (κ1) is 18.3. The summed E-state index contributed by atoms with van der Waals surface area (Å²) in [5, 5.41) is 0.358. The molecule has 24 heavy (non-hydrogen) atoms. The third kappa shape index (κ3) is 4.25. The lowest BCUT2D eigenvalue weighted by molar-refractivity contribution is -0.210. The van der Waals surface area contributed by atoms with Crippen molar-refractivity contribution in [3.05, 3.63) is 53.1 Å². The van der Waals surface area contributed by atoms with Gasteiger partial charge in [0.25, 0.3) is 0 Å². The van der Waals surface area contributed by atoms with E-state index in [0.29, 0.717) is 18.0 Å². The van der Waals surface area contributed by atoms with Crippen molar-refractivity contribution in [3.8, 4) is 5.75 Å². The van der Waals surface area contributed by atoms with Gasteiger partial charge in [-0.3, -0.25) is 9.78 Å². The van der Waals surface area contributed by atoms with E-state index in [1.807, 2.05) is 0 Å². The molecule has 2 N–H and O–H groups in total. The highest BCUT2D eigenvalue weighted by Crippen LogP contribution is 2.27. The standard InChI is InChI=1S/C16H16ClNO5S/c1-11(19)22-23-13-3-6-14(7-4-13)24(20,21)15-5-2-12(8-9-18)16(17)10-15/h2-7,10H,8-9,18H2,1H3. The number of rotatable bonds is 6. The molecule has 8 heteroatoms. The number of carbonyl (C=O) groups is 1. The van der Waals surface area contributed by atoms with E-state index in [0.717, 1.165) is 5.56 Å². The number of benzene rings is 2. The zero-order valence-corrected chi connectivity index (χ0v) is 14.4. The van der Waals surface area contributed by atoms with Crippen molar-refractivity contribution in [1.82, 2.24) is 0 Å². The van der Waals surface area contributed by atoms with Gasteiger partial charge in [-0.25, -0.2) is 13.2 Å². The third-order valence-electron chi connectivity index (χ3n) is 3.14. The fraction of sp³-hybridized carbons (Fsp3) is 0.188. The summed E-state index contributed by atoms with van der Waals surface area (Å²) in [6.45, 7) is 1.62. The number of hydrogen-bond acceptors (Lipinski definition) is 6. The molecule has 0 heterocycles. The molecular formula is C16H16ClNO5S. The molecular weight excluding hydrogens is 354 g/mol. The smallest absolute Gasteiger partial charge is 0.330 e. The Hall–Kier alpha value is -2.09. The normalized spacial score (nSPS) is 11.1. The van der Waals surface area contributed by atoms with Gasteiger partial charge in [-0.15, -0.1) is 0 Å². The van der Waals surface area contributed by atoms with Crippen molar-refractivity contribution in [2.75, 3.05) is 6.54 Å². The quantitative estimate of drug-likeness (QED) is 0.621. The molecule has 0 spiro atoms. The summed E-state index contributed by atoms with van der Waals surface area (Å²) in [6.07, 6.45) is 0.571. The summed E-state index contributed by atoms with van der Waals surface area (Å²) in [5.41, 5.74) is 6.28. The monoisotopic (exact) mass is 369 g/mol. The van der Waals surface area contributed by atoms with E-state index < -0.39 is 15.8 Å². The van der Waals surface area contributed by atoms with Crippen LogP contribution < -0.4 is 10.6 Å². The van der Waals surface area contributed by atoms with Gasteiger partial charge in [0.15, 0.2) is 5.75 Å². The zero-order chi connectivity index (χ0) is 17.7. The van der Waals surface area contributed by atoms with Crippen LogP contribution in [0.2, 0.25) is 5.02 Å². The van der Waals surface area contributed by atoms with Gasteiger partial charge < -0.3 is 5.73 Å². The lowest BCUT2D eigenvalue weighted by Crippen LogP contribution is -2.06. The van der Waals surface area contributed by atoms with Crippen LogP contribution >= 0.6 is 11.6 Å². The predicted octanol–water partition coefficient (Wildman–Crippen LogP) is 2.53. The Bertz CT molecular complexity index is 834. The van der Waals surface area contributed by atoms with Gasteiger partial charge in [0, 0.05) is 11.9 Å². The minimum atomic E-state index is -3.72. The molecule has 128 valence electrons. The summed E-state index contributed by atoms with van der Waals surface area (Å²) >= 11 is 6.11. The van der Waals surface area contributed by atoms with Crippen LogP contribution in [-0.2, 0) is 25.9 Å². The second-order valence-corrected chi connectivity index (χ2v) is 7.28. The molecule has 0 bridgehead atoms. The van der Waals surface area contributed by atoms with Crippen molar-refractivity contribution < 1.29 is 23.0 Å². The molecule has 2 rings (SSSR count). The maximum atomic E-state index is 12.6. The largest absolute Gasteiger partial charge is 0.352 e. The van der Waals surface area contributed by atoms with Gasteiger partial charge >= 0.3 is 5.97 Å². The van der Waals surface area contributed by atoms with E-state index in [2.05, 4.69) is 4.89 Å². The van der Waals surface area contributed by atoms with E-state index >= 15 is 0 Å². The Labute approximate surface area is 145 Å². The van der Waals surface area contributed by atoms with Gasteiger partial charge in [-0.1, -0.05) is 17.7 Å². The molecule has 0 aliphatic heterocycles. The molecule has 0 aromatic heterocycles. The zero-order valence-electron chi connectivity index (χ0n) is 12.9. The van der Waals surface area contributed by atoms with E-state index in [1.54, 1.807) is 6.07 Å². The van der Waals surface area contributed by atoms with Crippen LogP contribution in [0, 0.1) is 0 Å². The molecule has 0 aliphatic carbocycles. The summed E-state index contributed by atoms with van der Waals surface area (Å²) in [7, 11) is -3.72. The van der Waals surface area contributed by atoms with Crippen LogP contribution in [0.5, 0.6) is 5.75 Å². The lowest BCUT2D eigenvalue weighted by Gasteiger charge is -2.08. The van der Waals surface area contributed by atoms with Crippen LogP contribution in [0.15, 0.2) is 52.3 Å². The number of sulfone groups is 1. The third-order valence-corrected chi connectivity index (χ3v) is 5.26. The van der Waals surface area contributed by atoms with Crippen molar-refractivity contribution in [2.24, 2.45) is 5.73 Å². The number of hydrogen-bond donors (Lipinski definition) is 1. The summed E-state index contributed by atoms with van der Waals surface area (Å²) in [6, 6.07) is 10.0. The molecule has 2 aromatic rings. The minimum Gasteiger partial charge on any atom is -0.330 e. The Kier molecular flexibility index (Phi) is 5.82. The van der Waals surface area contributed by atoms with Crippen LogP contribution in [0.25, 0.3) is 0 Å². The fourth-order valence-corrected chi connectivity index (χ4v) is 3.60.